The Balaban J connectivity index is 3.65. The molecule has 1 rings (SSSR count). The predicted octanol–water partition coefficient (Wildman–Crippen LogP) is 7.68. The smallest absolute Gasteiger partial charge is 0.376 e. The van der Waals surface area contributed by atoms with Crippen LogP contribution in [0.5, 0.6) is 0 Å². The summed E-state index contributed by atoms with van der Waals surface area (Å²) in [5, 5.41) is 11.0. The van der Waals surface area contributed by atoms with Crippen molar-refractivity contribution in [1.82, 2.24) is 0 Å². The molecule has 0 fully saturated rings. The first kappa shape index (κ1) is 33.4. The van der Waals surface area contributed by atoms with Crippen LogP contribution >= 0.6 is 0 Å². The second kappa shape index (κ2) is 9.54. The fourth-order valence-electron chi connectivity index (χ4n) is 2.80. The maximum absolute atomic E-state index is 14.2. The number of ether oxygens (including phenoxy) is 1. The summed E-state index contributed by atoms with van der Waals surface area (Å²) < 4.78 is 231. The first-order valence-electron chi connectivity index (χ1n) is 9.07. The molecule has 4 nitrogen and oxygen atoms in total. The largest absolute Gasteiger partial charge is 0.460 e. The minimum Gasteiger partial charge on any atom is -0.376 e. The van der Waals surface area contributed by atoms with Gasteiger partial charge >= 0.3 is 47.6 Å². The van der Waals surface area contributed by atoms with Gasteiger partial charge in [0.2, 0.25) is 0 Å². The maximum atomic E-state index is 14.2. The van der Waals surface area contributed by atoms with Gasteiger partial charge in [0.1, 0.15) is 0 Å². The van der Waals surface area contributed by atoms with Crippen LogP contribution in [0.25, 0.3) is 0 Å². The monoisotopic (exact) mass is 599 g/mol. The molecule has 0 bridgehead atoms. The van der Waals surface area contributed by atoms with Crippen LogP contribution in [0.1, 0.15) is 18.1 Å². The number of alkyl halides is 17. The minimum atomic E-state index is -8.74. The lowest BCUT2D eigenvalue weighted by atomic mass is 9.87. The van der Waals surface area contributed by atoms with Gasteiger partial charge in [-0.25, -0.2) is 0 Å². The van der Waals surface area contributed by atoms with E-state index in [9.17, 15) is 84.8 Å². The first-order chi connectivity index (χ1) is 16.6. The third-order valence-corrected chi connectivity index (χ3v) is 4.99. The molecular formula is C17H10F17NO3. The zero-order valence-electron chi connectivity index (χ0n) is 17.7. The molecule has 0 aliphatic carbocycles. The van der Waals surface area contributed by atoms with Crippen molar-refractivity contribution in [3.8, 4) is 0 Å². The molecule has 0 N–H and O–H groups in total. The topological polar surface area (TPSA) is 52.4 Å². The fourth-order valence-corrected chi connectivity index (χ4v) is 2.80. The second-order valence-corrected chi connectivity index (χ2v) is 7.39. The number of hydrogen-bond acceptors (Lipinski definition) is 3. The molecule has 0 aliphatic heterocycles. The molecule has 21 heteroatoms. The third kappa shape index (κ3) is 4.69. The van der Waals surface area contributed by atoms with Crippen LogP contribution in [0, 0.1) is 10.1 Å². The van der Waals surface area contributed by atoms with Gasteiger partial charge in [-0.05, 0) is 6.07 Å². The molecule has 1 aromatic rings. The Kier molecular flexibility index (Phi) is 8.39. The summed E-state index contributed by atoms with van der Waals surface area (Å²) in [7, 11) is 0.344. The van der Waals surface area contributed by atoms with Crippen LogP contribution in [0.15, 0.2) is 24.3 Å². The van der Waals surface area contributed by atoms with Crippen LogP contribution in [0.2, 0.25) is 0 Å². The average molecular weight is 599 g/mol. The van der Waals surface area contributed by atoms with Gasteiger partial charge in [-0.1, -0.05) is 12.1 Å². The van der Waals surface area contributed by atoms with Gasteiger partial charge in [0, 0.05) is 19.6 Å². The molecular weight excluding hydrogens is 589 g/mol. The maximum Gasteiger partial charge on any atom is 0.460 e. The lowest BCUT2D eigenvalue weighted by Crippen LogP contribution is -2.74. The van der Waals surface area contributed by atoms with E-state index in [1.54, 1.807) is 0 Å². The summed E-state index contributed by atoms with van der Waals surface area (Å²) >= 11 is 0. The molecule has 0 radical (unpaired) electrons. The highest BCUT2D eigenvalue weighted by atomic mass is 19.4. The summed E-state index contributed by atoms with van der Waals surface area (Å²) in [6, 6.07) is 2.73. The third-order valence-electron chi connectivity index (χ3n) is 4.99. The molecule has 0 aliphatic rings. The van der Waals surface area contributed by atoms with Crippen molar-refractivity contribution in [2.45, 2.75) is 60.2 Å². The van der Waals surface area contributed by atoms with E-state index in [-0.39, 0.29) is 0 Å². The molecule has 0 saturated carbocycles. The van der Waals surface area contributed by atoms with Gasteiger partial charge < -0.3 is 4.74 Å². The van der Waals surface area contributed by atoms with E-state index in [0.29, 0.717) is 19.2 Å². The normalized spacial score (nSPS) is 15.9. The number of para-hydroxylation sites is 1. The van der Waals surface area contributed by atoms with Crippen molar-refractivity contribution in [2.24, 2.45) is 0 Å². The van der Waals surface area contributed by atoms with Crippen LogP contribution in [-0.2, 0) is 4.74 Å². The van der Waals surface area contributed by atoms with Crippen LogP contribution in [0.3, 0.4) is 0 Å². The number of rotatable bonds is 11. The number of methoxy groups -OCH3 is 1. The van der Waals surface area contributed by atoms with Crippen LogP contribution < -0.4 is 0 Å². The van der Waals surface area contributed by atoms with Crippen molar-refractivity contribution in [1.29, 1.82) is 0 Å². The highest BCUT2D eigenvalue weighted by molar-refractivity contribution is 5.41. The molecule has 38 heavy (non-hydrogen) atoms. The molecule has 1 aromatic carbocycles. The lowest BCUT2D eigenvalue weighted by molar-refractivity contribution is -0.462. The number of benzene rings is 1. The Morgan fingerprint density at radius 2 is 1.05 bits per heavy atom. The molecule has 1 atom stereocenters. The molecule has 0 spiro atoms. The van der Waals surface area contributed by atoms with Gasteiger partial charge in [0.25, 0.3) is 5.69 Å². The van der Waals surface area contributed by atoms with Gasteiger partial charge in [0.15, 0.2) is 0 Å². The zero-order valence-corrected chi connectivity index (χ0v) is 17.7. The van der Waals surface area contributed by atoms with E-state index >= 15 is 0 Å². The molecule has 0 aromatic heterocycles. The van der Waals surface area contributed by atoms with Crippen molar-refractivity contribution in [3.63, 3.8) is 0 Å². The van der Waals surface area contributed by atoms with Gasteiger partial charge in [-0.15, -0.1) is 0 Å². The van der Waals surface area contributed by atoms with Gasteiger partial charge in [-0.2, -0.15) is 74.6 Å². The predicted molar refractivity (Wildman–Crippen MR) is 88.1 cm³/mol. The van der Waals surface area contributed by atoms with Crippen molar-refractivity contribution in [3.05, 3.63) is 39.9 Å². The molecule has 220 valence electrons. The van der Waals surface area contributed by atoms with Crippen LogP contribution in [-0.4, -0.2) is 59.7 Å². The molecule has 0 heterocycles. The Morgan fingerprint density at radius 3 is 1.42 bits per heavy atom. The van der Waals surface area contributed by atoms with Crippen molar-refractivity contribution in [2.75, 3.05) is 7.11 Å². The first-order valence-corrected chi connectivity index (χ1v) is 9.07. The molecule has 0 saturated heterocycles. The van der Waals surface area contributed by atoms with E-state index in [1.807, 2.05) is 0 Å². The Morgan fingerprint density at radius 1 is 0.684 bits per heavy atom. The fraction of sp³-hybridized carbons (Fsp3) is 0.647. The Hall–Kier alpha value is -2.61. The summed E-state index contributed by atoms with van der Waals surface area (Å²) in [5.41, 5.74) is -2.29. The average Bonchev–Trinajstić information content (AvgIpc) is 2.75. The summed E-state index contributed by atoms with van der Waals surface area (Å²) in [5.74, 6) is -57.4. The molecule has 1 unspecified atom stereocenters. The van der Waals surface area contributed by atoms with Crippen molar-refractivity contribution >= 4 is 5.69 Å². The van der Waals surface area contributed by atoms with E-state index in [1.165, 1.54) is 0 Å². The van der Waals surface area contributed by atoms with Gasteiger partial charge in [0.05, 0.1) is 16.6 Å². The van der Waals surface area contributed by atoms with E-state index < -0.39 is 76.3 Å². The quantitative estimate of drug-likeness (QED) is 0.149. The summed E-state index contributed by atoms with van der Waals surface area (Å²) in [4.78, 5) is 9.61. The summed E-state index contributed by atoms with van der Waals surface area (Å²) in [6.07, 6.45) is -13.6. The number of nitro benzene ring substituents is 1. The SMILES string of the molecule is COC(CC(F)(F)C(F)(F)C(F)(F)C(F)(F)C(F)(F)C(F)(F)C(F)(F)C(F)(F)F)c1ccccc1[N+](=O)[O-]. The number of hydrogen-bond donors (Lipinski definition) is 0. The highest BCUT2D eigenvalue weighted by Crippen LogP contribution is 2.64. The minimum absolute atomic E-state index is 0.344. The number of nitrogens with zero attached hydrogens (tertiary/aromatic N) is 1. The van der Waals surface area contributed by atoms with Crippen molar-refractivity contribution < 1.29 is 84.3 Å². The number of nitro groups is 1. The second-order valence-electron chi connectivity index (χ2n) is 7.39. The zero-order chi connectivity index (χ0) is 30.6. The number of halogens is 17. The molecule has 0 amide bonds. The van der Waals surface area contributed by atoms with E-state index in [0.717, 1.165) is 12.1 Å². The Labute approximate surface area is 198 Å². The summed E-state index contributed by atoms with van der Waals surface area (Å²) in [6.45, 7) is 0. The van der Waals surface area contributed by atoms with E-state index in [4.69, 9.17) is 0 Å². The van der Waals surface area contributed by atoms with Crippen LogP contribution in [0.4, 0.5) is 80.3 Å². The van der Waals surface area contributed by atoms with Gasteiger partial charge in [-0.3, -0.25) is 10.1 Å². The van der Waals surface area contributed by atoms with E-state index in [2.05, 4.69) is 4.74 Å². The standard InChI is InChI=1S/C17H10F17NO3/c1-38-9(7-4-2-3-5-8(7)35(36)37)6-10(18,19)11(20,21)12(22,23)13(24,25)14(26,27)15(28,29)16(30,31)17(32,33)34/h2-5,9H,6H2,1H3. The Bertz CT molecular complexity index is 1020. The lowest BCUT2D eigenvalue weighted by Gasteiger charge is -2.43. The highest BCUT2D eigenvalue weighted by Gasteiger charge is 2.95.